The summed E-state index contributed by atoms with van der Waals surface area (Å²) in [7, 11) is 0. The van der Waals surface area contributed by atoms with Crippen LogP contribution >= 0.6 is 15.9 Å². The van der Waals surface area contributed by atoms with Crippen LogP contribution in [0.2, 0.25) is 0 Å². The SMILES string of the molecule is CCCNC(c1cc(F)cc(Br)c1)C1CCOCC1. The van der Waals surface area contributed by atoms with Crippen LogP contribution in [0.4, 0.5) is 4.39 Å². The predicted octanol–water partition coefficient (Wildman–Crippen LogP) is 4.06. The molecule has 1 aromatic carbocycles. The van der Waals surface area contributed by atoms with E-state index in [1.165, 1.54) is 6.07 Å². The van der Waals surface area contributed by atoms with E-state index in [0.29, 0.717) is 5.92 Å². The van der Waals surface area contributed by atoms with Crippen molar-refractivity contribution in [3.05, 3.63) is 34.1 Å². The van der Waals surface area contributed by atoms with Crippen molar-refractivity contribution in [2.24, 2.45) is 5.92 Å². The standard InChI is InChI=1S/C15H21BrFNO/c1-2-5-18-15(11-3-6-19-7-4-11)12-8-13(16)10-14(17)9-12/h8-11,15,18H,2-7H2,1H3. The van der Waals surface area contributed by atoms with Crippen LogP contribution in [0.3, 0.4) is 0 Å². The van der Waals surface area contributed by atoms with Crippen LogP contribution < -0.4 is 5.32 Å². The van der Waals surface area contributed by atoms with Gasteiger partial charge < -0.3 is 10.1 Å². The number of hydrogen-bond acceptors (Lipinski definition) is 2. The maximum absolute atomic E-state index is 13.6. The molecule has 1 aliphatic heterocycles. The number of rotatable bonds is 5. The molecule has 1 saturated heterocycles. The fourth-order valence-corrected chi connectivity index (χ4v) is 3.14. The second-order valence-corrected chi connectivity index (χ2v) is 6.00. The monoisotopic (exact) mass is 329 g/mol. The molecule has 4 heteroatoms. The average molecular weight is 330 g/mol. The summed E-state index contributed by atoms with van der Waals surface area (Å²) in [5.74, 6) is 0.341. The van der Waals surface area contributed by atoms with Crippen molar-refractivity contribution < 1.29 is 9.13 Å². The van der Waals surface area contributed by atoms with E-state index >= 15 is 0 Å². The van der Waals surface area contributed by atoms with Crippen LogP contribution in [0.15, 0.2) is 22.7 Å². The molecule has 0 aromatic heterocycles. The molecular weight excluding hydrogens is 309 g/mol. The van der Waals surface area contributed by atoms with Crippen LogP contribution in [0.25, 0.3) is 0 Å². The van der Waals surface area contributed by atoms with Gasteiger partial charge in [0.1, 0.15) is 5.82 Å². The number of nitrogens with one attached hydrogen (secondary N) is 1. The zero-order chi connectivity index (χ0) is 13.7. The van der Waals surface area contributed by atoms with Crippen molar-refractivity contribution in [3.8, 4) is 0 Å². The van der Waals surface area contributed by atoms with Crippen molar-refractivity contribution in [1.82, 2.24) is 5.32 Å². The third kappa shape index (κ3) is 4.26. The molecule has 1 heterocycles. The zero-order valence-electron chi connectivity index (χ0n) is 11.3. The summed E-state index contributed by atoms with van der Waals surface area (Å²) in [4.78, 5) is 0. The lowest BCUT2D eigenvalue weighted by molar-refractivity contribution is 0.0536. The highest BCUT2D eigenvalue weighted by molar-refractivity contribution is 9.10. The second kappa shape index (κ2) is 7.36. The molecule has 0 amide bonds. The lowest BCUT2D eigenvalue weighted by Crippen LogP contribution is -2.32. The summed E-state index contributed by atoms with van der Waals surface area (Å²) >= 11 is 3.38. The van der Waals surface area contributed by atoms with E-state index in [-0.39, 0.29) is 11.9 Å². The van der Waals surface area contributed by atoms with E-state index in [2.05, 4.69) is 28.2 Å². The molecule has 0 spiro atoms. The molecular formula is C15H21BrFNO. The first-order valence-electron chi connectivity index (χ1n) is 6.98. The average Bonchev–Trinajstić information content (AvgIpc) is 2.39. The van der Waals surface area contributed by atoms with Crippen molar-refractivity contribution in [2.75, 3.05) is 19.8 Å². The van der Waals surface area contributed by atoms with Crippen LogP contribution in [-0.4, -0.2) is 19.8 Å². The Bertz CT molecular complexity index is 387. The highest BCUT2D eigenvalue weighted by Gasteiger charge is 2.25. The normalized spacial score (nSPS) is 18.5. The molecule has 0 bridgehead atoms. The van der Waals surface area contributed by atoms with E-state index < -0.39 is 0 Å². The molecule has 1 aromatic rings. The van der Waals surface area contributed by atoms with Crippen molar-refractivity contribution in [1.29, 1.82) is 0 Å². The topological polar surface area (TPSA) is 21.3 Å². The van der Waals surface area contributed by atoms with Gasteiger partial charge in [0.25, 0.3) is 0 Å². The Morgan fingerprint density at radius 1 is 1.37 bits per heavy atom. The fourth-order valence-electron chi connectivity index (χ4n) is 2.66. The largest absolute Gasteiger partial charge is 0.381 e. The highest BCUT2D eigenvalue weighted by atomic mass is 79.9. The lowest BCUT2D eigenvalue weighted by atomic mass is 9.87. The Kier molecular flexibility index (Phi) is 5.79. The minimum atomic E-state index is -0.181. The molecule has 1 aliphatic rings. The van der Waals surface area contributed by atoms with Gasteiger partial charge in [0.05, 0.1) is 0 Å². The lowest BCUT2D eigenvalue weighted by Gasteiger charge is -2.31. The number of halogens is 2. The van der Waals surface area contributed by atoms with Gasteiger partial charge in [0.15, 0.2) is 0 Å². The molecule has 0 saturated carbocycles. The molecule has 19 heavy (non-hydrogen) atoms. The third-order valence-corrected chi connectivity index (χ3v) is 4.05. The summed E-state index contributed by atoms with van der Waals surface area (Å²) in [5.41, 5.74) is 1.03. The number of hydrogen-bond donors (Lipinski definition) is 1. The molecule has 106 valence electrons. The Hall–Kier alpha value is -0.450. The van der Waals surface area contributed by atoms with Crippen molar-refractivity contribution in [3.63, 3.8) is 0 Å². The molecule has 0 radical (unpaired) electrons. The Morgan fingerprint density at radius 2 is 2.11 bits per heavy atom. The zero-order valence-corrected chi connectivity index (χ0v) is 12.9. The molecule has 1 N–H and O–H groups in total. The first-order valence-corrected chi connectivity index (χ1v) is 7.77. The van der Waals surface area contributed by atoms with E-state index in [9.17, 15) is 4.39 Å². The Morgan fingerprint density at radius 3 is 2.74 bits per heavy atom. The van der Waals surface area contributed by atoms with Gasteiger partial charge in [-0.25, -0.2) is 4.39 Å². The second-order valence-electron chi connectivity index (χ2n) is 5.08. The molecule has 2 nitrogen and oxygen atoms in total. The van der Waals surface area contributed by atoms with Gasteiger partial charge >= 0.3 is 0 Å². The summed E-state index contributed by atoms with van der Waals surface area (Å²) in [5, 5.41) is 3.57. The predicted molar refractivity (Wildman–Crippen MR) is 78.7 cm³/mol. The van der Waals surface area contributed by atoms with Gasteiger partial charge in [-0.15, -0.1) is 0 Å². The molecule has 0 aliphatic carbocycles. The van der Waals surface area contributed by atoms with E-state index in [1.54, 1.807) is 6.07 Å². The number of benzene rings is 1. The number of ether oxygens (including phenoxy) is 1. The first kappa shape index (κ1) is 14.9. The summed E-state index contributed by atoms with van der Waals surface area (Å²) in [6.07, 6.45) is 3.15. The molecule has 1 fully saturated rings. The van der Waals surface area contributed by atoms with Crippen LogP contribution in [0.5, 0.6) is 0 Å². The minimum Gasteiger partial charge on any atom is -0.381 e. The molecule has 1 unspecified atom stereocenters. The van der Waals surface area contributed by atoms with Gasteiger partial charge in [-0.1, -0.05) is 22.9 Å². The smallest absolute Gasteiger partial charge is 0.124 e. The van der Waals surface area contributed by atoms with Gasteiger partial charge in [0, 0.05) is 23.7 Å². The summed E-state index contributed by atoms with van der Waals surface area (Å²) < 4.78 is 19.8. The van der Waals surface area contributed by atoms with Gasteiger partial charge in [-0.05, 0) is 55.5 Å². The van der Waals surface area contributed by atoms with Gasteiger partial charge in [-0.2, -0.15) is 0 Å². The van der Waals surface area contributed by atoms with Crippen LogP contribution in [-0.2, 0) is 4.74 Å². The molecule has 2 rings (SSSR count). The molecule has 1 atom stereocenters. The maximum atomic E-state index is 13.6. The summed E-state index contributed by atoms with van der Waals surface area (Å²) in [6.45, 7) is 4.72. The van der Waals surface area contributed by atoms with E-state index in [1.807, 2.05) is 6.07 Å². The highest BCUT2D eigenvalue weighted by Crippen LogP contribution is 2.31. The van der Waals surface area contributed by atoms with Crippen LogP contribution in [0.1, 0.15) is 37.8 Å². The minimum absolute atomic E-state index is 0.181. The van der Waals surface area contributed by atoms with Crippen molar-refractivity contribution in [2.45, 2.75) is 32.2 Å². The van der Waals surface area contributed by atoms with E-state index in [0.717, 1.165) is 49.1 Å². The first-order chi connectivity index (χ1) is 9.20. The van der Waals surface area contributed by atoms with Crippen LogP contribution in [0, 0.1) is 11.7 Å². The third-order valence-electron chi connectivity index (χ3n) is 3.60. The van der Waals surface area contributed by atoms with Gasteiger partial charge in [-0.3, -0.25) is 0 Å². The Labute approximate surface area is 122 Å². The van der Waals surface area contributed by atoms with Gasteiger partial charge in [0.2, 0.25) is 0 Å². The summed E-state index contributed by atoms with van der Waals surface area (Å²) in [6, 6.07) is 5.39. The quantitative estimate of drug-likeness (QED) is 0.879. The van der Waals surface area contributed by atoms with E-state index in [4.69, 9.17) is 4.74 Å². The van der Waals surface area contributed by atoms with Crippen molar-refractivity contribution >= 4 is 15.9 Å². The Balaban J connectivity index is 2.19. The fraction of sp³-hybridized carbons (Fsp3) is 0.600. The maximum Gasteiger partial charge on any atom is 0.124 e.